The highest BCUT2D eigenvalue weighted by Gasteiger charge is 2.46. The molecule has 1 rings (SSSR count). The summed E-state index contributed by atoms with van der Waals surface area (Å²) in [5.74, 6) is -2.68. The van der Waals surface area contributed by atoms with Crippen LogP contribution in [0.25, 0.3) is 0 Å². The third-order valence-electron chi connectivity index (χ3n) is 2.73. The van der Waals surface area contributed by atoms with E-state index < -0.39 is 12.0 Å². The Balaban J connectivity index is 2.64. The Kier molecular flexibility index (Phi) is 3.43. The Hall–Kier alpha value is -0.690. The summed E-state index contributed by atoms with van der Waals surface area (Å²) in [5, 5.41) is 8.76. The molecule has 0 bridgehead atoms. The molecule has 1 fully saturated rings. The van der Waals surface area contributed by atoms with Gasteiger partial charge in [-0.05, 0) is 13.3 Å². The summed E-state index contributed by atoms with van der Waals surface area (Å²) in [7, 11) is 0. The average molecular weight is 202 g/mol. The zero-order valence-electron chi connectivity index (χ0n) is 8.63. The third kappa shape index (κ3) is 2.42. The monoisotopic (exact) mass is 202 g/mol. The van der Waals surface area contributed by atoms with Crippen LogP contribution in [0.3, 0.4) is 0 Å². The predicted molar refractivity (Wildman–Crippen MR) is 50.0 cm³/mol. The molecular formula is C10H16F2N2. The minimum Gasteiger partial charge on any atom is -0.279 e. The van der Waals surface area contributed by atoms with Crippen molar-refractivity contribution in [1.29, 1.82) is 5.26 Å². The molecule has 0 aliphatic carbocycles. The van der Waals surface area contributed by atoms with Gasteiger partial charge in [0, 0.05) is 12.5 Å². The van der Waals surface area contributed by atoms with E-state index in [2.05, 4.69) is 0 Å². The van der Waals surface area contributed by atoms with E-state index in [0.29, 0.717) is 0 Å². The fraction of sp³-hybridized carbons (Fsp3) is 0.900. The molecule has 2 nitrogen and oxygen atoms in total. The van der Waals surface area contributed by atoms with Gasteiger partial charge in [0.2, 0.25) is 0 Å². The van der Waals surface area contributed by atoms with Crippen LogP contribution in [0.2, 0.25) is 0 Å². The number of hydrogen-bond acceptors (Lipinski definition) is 2. The Morgan fingerprint density at radius 2 is 2.29 bits per heavy atom. The van der Waals surface area contributed by atoms with E-state index in [1.165, 1.54) is 0 Å². The van der Waals surface area contributed by atoms with Gasteiger partial charge in [-0.25, -0.2) is 8.78 Å². The van der Waals surface area contributed by atoms with Gasteiger partial charge in [-0.1, -0.05) is 13.3 Å². The standard InChI is InChI=1S/C10H16F2N2/c1-3-4-8(2)14-7-10(11,12)5-9(14)6-13/h8-9H,3-5,7H2,1-2H3/t8-,9?/m1/s1. The number of hydrogen-bond donors (Lipinski definition) is 0. The van der Waals surface area contributed by atoms with Gasteiger partial charge >= 0.3 is 0 Å². The number of rotatable bonds is 3. The maximum absolute atomic E-state index is 13.0. The molecule has 0 spiro atoms. The Labute approximate surface area is 83.5 Å². The lowest BCUT2D eigenvalue weighted by Crippen LogP contribution is -2.37. The molecule has 1 heterocycles. The second-order valence-electron chi connectivity index (χ2n) is 4.02. The molecule has 1 saturated heterocycles. The maximum atomic E-state index is 13.0. The van der Waals surface area contributed by atoms with E-state index >= 15 is 0 Å². The van der Waals surface area contributed by atoms with Crippen LogP contribution in [0.4, 0.5) is 8.78 Å². The second kappa shape index (κ2) is 4.22. The minimum absolute atomic E-state index is 0.0815. The molecule has 1 unspecified atom stereocenters. The van der Waals surface area contributed by atoms with Crippen LogP contribution in [-0.2, 0) is 0 Å². The van der Waals surface area contributed by atoms with Gasteiger partial charge in [-0.15, -0.1) is 0 Å². The molecule has 0 saturated carbocycles. The Morgan fingerprint density at radius 1 is 1.64 bits per heavy atom. The maximum Gasteiger partial charge on any atom is 0.263 e. The van der Waals surface area contributed by atoms with Crippen molar-refractivity contribution >= 4 is 0 Å². The second-order valence-corrected chi connectivity index (χ2v) is 4.02. The molecule has 0 amide bonds. The van der Waals surface area contributed by atoms with Gasteiger partial charge in [0.1, 0.15) is 6.04 Å². The van der Waals surface area contributed by atoms with Crippen LogP contribution in [0.1, 0.15) is 33.1 Å². The van der Waals surface area contributed by atoms with Gasteiger partial charge in [0.25, 0.3) is 5.92 Å². The molecular weight excluding hydrogens is 186 g/mol. The van der Waals surface area contributed by atoms with Crippen molar-refractivity contribution in [3.05, 3.63) is 0 Å². The molecule has 1 aliphatic heterocycles. The highest BCUT2D eigenvalue weighted by atomic mass is 19.3. The van der Waals surface area contributed by atoms with Crippen LogP contribution >= 0.6 is 0 Å². The Morgan fingerprint density at radius 3 is 2.79 bits per heavy atom. The van der Waals surface area contributed by atoms with E-state index in [1.54, 1.807) is 4.90 Å². The largest absolute Gasteiger partial charge is 0.279 e. The van der Waals surface area contributed by atoms with Crippen LogP contribution in [0.15, 0.2) is 0 Å². The summed E-state index contributed by atoms with van der Waals surface area (Å²) < 4.78 is 26.1. The lowest BCUT2D eigenvalue weighted by molar-refractivity contribution is 0.00802. The molecule has 14 heavy (non-hydrogen) atoms. The summed E-state index contributed by atoms with van der Waals surface area (Å²) in [6.45, 7) is 3.67. The van der Waals surface area contributed by atoms with Gasteiger partial charge in [-0.2, -0.15) is 5.26 Å². The SMILES string of the molecule is CCC[C@@H](C)N1CC(F)(F)CC1C#N. The minimum atomic E-state index is -2.68. The first-order chi connectivity index (χ1) is 6.50. The van der Waals surface area contributed by atoms with E-state index in [-0.39, 0.29) is 19.0 Å². The summed E-state index contributed by atoms with van der Waals surface area (Å²) in [6.07, 6.45) is 1.52. The number of nitriles is 1. The summed E-state index contributed by atoms with van der Waals surface area (Å²) in [4.78, 5) is 1.63. The lowest BCUT2D eigenvalue weighted by Gasteiger charge is -2.26. The number of alkyl halides is 2. The van der Waals surface area contributed by atoms with Gasteiger partial charge in [0.05, 0.1) is 12.6 Å². The molecule has 1 aliphatic rings. The van der Waals surface area contributed by atoms with Crippen molar-refractivity contribution in [2.75, 3.05) is 6.54 Å². The summed E-state index contributed by atoms with van der Waals surface area (Å²) in [5.41, 5.74) is 0. The molecule has 0 radical (unpaired) electrons. The van der Waals surface area contributed by atoms with E-state index in [1.807, 2.05) is 19.9 Å². The summed E-state index contributed by atoms with van der Waals surface area (Å²) >= 11 is 0. The average Bonchev–Trinajstić information content (AvgIpc) is 2.41. The zero-order chi connectivity index (χ0) is 10.8. The number of likely N-dealkylation sites (tertiary alicyclic amines) is 1. The van der Waals surface area contributed by atoms with Crippen molar-refractivity contribution in [2.24, 2.45) is 0 Å². The quantitative estimate of drug-likeness (QED) is 0.702. The fourth-order valence-corrected chi connectivity index (χ4v) is 2.01. The Bertz CT molecular complexity index is 235. The van der Waals surface area contributed by atoms with Crippen LogP contribution < -0.4 is 0 Å². The lowest BCUT2D eigenvalue weighted by atomic mass is 10.1. The first-order valence-corrected chi connectivity index (χ1v) is 5.03. The molecule has 4 heteroatoms. The molecule has 0 aromatic carbocycles. The van der Waals surface area contributed by atoms with E-state index in [4.69, 9.17) is 5.26 Å². The van der Waals surface area contributed by atoms with Crippen molar-refractivity contribution in [1.82, 2.24) is 4.90 Å². The normalized spacial score (nSPS) is 28.6. The van der Waals surface area contributed by atoms with Crippen molar-refractivity contribution < 1.29 is 8.78 Å². The highest BCUT2D eigenvalue weighted by Crippen LogP contribution is 2.33. The van der Waals surface area contributed by atoms with E-state index in [0.717, 1.165) is 12.8 Å². The van der Waals surface area contributed by atoms with Crippen molar-refractivity contribution in [2.45, 2.75) is 51.1 Å². The van der Waals surface area contributed by atoms with Gasteiger partial charge < -0.3 is 0 Å². The first-order valence-electron chi connectivity index (χ1n) is 5.03. The third-order valence-corrected chi connectivity index (χ3v) is 2.73. The van der Waals surface area contributed by atoms with Gasteiger partial charge in [-0.3, -0.25) is 4.90 Å². The number of halogens is 2. The molecule has 0 aromatic heterocycles. The van der Waals surface area contributed by atoms with Crippen LogP contribution in [0, 0.1) is 11.3 Å². The van der Waals surface area contributed by atoms with Crippen molar-refractivity contribution in [3.63, 3.8) is 0 Å². The molecule has 0 aromatic rings. The van der Waals surface area contributed by atoms with E-state index in [9.17, 15) is 8.78 Å². The number of nitrogens with zero attached hydrogens (tertiary/aromatic N) is 2. The highest BCUT2D eigenvalue weighted by molar-refractivity contribution is 5.03. The molecule has 80 valence electrons. The summed E-state index contributed by atoms with van der Waals surface area (Å²) in [6, 6.07) is 1.43. The topological polar surface area (TPSA) is 27.0 Å². The fourth-order valence-electron chi connectivity index (χ4n) is 2.01. The van der Waals surface area contributed by atoms with Crippen LogP contribution in [0.5, 0.6) is 0 Å². The molecule has 0 N–H and O–H groups in total. The van der Waals surface area contributed by atoms with Gasteiger partial charge in [0.15, 0.2) is 0 Å². The molecule has 2 atom stereocenters. The first kappa shape index (κ1) is 11.4. The van der Waals surface area contributed by atoms with Crippen LogP contribution in [-0.4, -0.2) is 29.5 Å². The predicted octanol–water partition coefficient (Wildman–Crippen LogP) is 2.41. The van der Waals surface area contributed by atoms with Crippen molar-refractivity contribution in [3.8, 4) is 6.07 Å². The smallest absolute Gasteiger partial charge is 0.263 e. The zero-order valence-corrected chi connectivity index (χ0v) is 8.63.